The second-order valence-corrected chi connectivity index (χ2v) is 21.9. The number of benzene rings is 8. The summed E-state index contributed by atoms with van der Waals surface area (Å²) in [6.07, 6.45) is 0. The Kier molecular flexibility index (Phi) is 8.18. The van der Waals surface area contributed by atoms with Crippen molar-refractivity contribution in [2.45, 2.75) is 78.6 Å². The molecule has 326 valence electrons. The predicted octanol–water partition coefficient (Wildman–Crippen LogP) is 14.8. The number of anilines is 6. The van der Waals surface area contributed by atoms with Gasteiger partial charge in [0, 0.05) is 66.8 Å². The van der Waals surface area contributed by atoms with E-state index in [9.17, 15) is 0 Å². The van der Waals surface area contributed by atoms with Crippen LogP contribution in [-0.2, 0) is 16.2 Å². The molecule has 0 N–H and O–H groups in total. The Morgan fingerprint density at radius 3 is 1.87 bits per heavy atom. The standard InChI is InChI=1S/C62H54BN3O/c1-37-34-52-56-53(35-37)66-57-46(55-58(66)45-17-10-12-20-47(45)62(55,8)9)19-14-21-49(57)63(56)48-33-32-42(36-51(48)65(52)50-22-15-18-44-43-16-11-13-23-54(43)67-59(44)50)64(40-28-24-38(25-29-40)60(2,3)4)41-30-26-39(27-31-41)61(5,6)7/h10-36H,1-9H3. The van der Waals surface area contributed by atoms with Gasteiger partial charge in [0.15, 0.2) is 5.58 Å². The summed E-state index contributed by atoms with van der Waals surface area (Å²) < 4.78 is 9.58. The first-order valence-electron chi connectivity index (χ1n) is 24.0. The molecule has 2 aliphatic heterocycles. The van der Waals surface area contributed by atoms with Crippen LogP contribution in [0.2, 0.25) is 0 Å². The molecule has 0 radical (unpaired) electrons. The van der Waals surface area contributed by atoms with Crippen LogP contribution in [0.1, 0.15) is 83.2 Å². The van der Waals surface area contributed by atoms with Crippen molar-refractivity contribution in [2.75, 3.05) is 9.80 Å². The molecule has 4 heterocycles. The molecular weight excluding hydrogens is 814 g/mol. The molecule has 0 saturated carbocycles. The fourth-order valence-electron chi connectivity index (χ4n) is 12.1. The lowest BCUT2D eigenvalue weighted by Crippen LogP contribution is -2.60. The van der Waals surface area contributed by atoms with Gasteiger partial charge in [0.2, 0.25) is 0 Å². The largest absolute Gasteiger partial charge is 0.454 e. The number of nitrogens with zero attached hydrogens (tertiary/aromatic N) is 3. The topological polar surface area (TPSA) is 24.6 Å². The van der Waals surface area contributed by atoms with Gasteiger partial charge in [-0.2, -0.15) is 0 Å². The number of hydrogen-bond acceptors (Lipinski definition) is 3. The predicted molar refractivity (Wildman–Crippen MR) is 284 cm³/mol. The third-order valence-corrected chi connectivity index (χ3v) is 15.3. The van der Waals surface area contributed by atoms with Crippen LogP contribution in [0.4, 0.5) is 34.1 Å². The molecule has 0 atom stereocenters. The van der Waals surface area contributed by atoms with E-state index in [1.165, 1.54) is 77.7 Å². The van der Waals surface area contributed by atoms with Crippen LogP contribution in [0.5, 0.6) is 0 Å². The molecule has 13 rings (SSSR count). The number of para-hydroxylation sites is 3. The van der Waals surface area contributed by atoms with Crippen molar-refractivity contribution in [1.29, 1.82) is 0 Å². The summed E-state index contributed by atoms with van der Waals surface area (Å²) in [6, 6.07) is 61.8. The highest BCUT2D eigenvalue weighted by atomic mass is 16.3. The zero-order valence-corrected chi connectivity index (χ0v) is 39.9. The van der Waals surface area contributed by atoms with Gasteiger partial charge >= 0.3 is 0 Å². The molecule has 67 heavy (non-hydrogen) atoms. The lowest BCUT2D eigenvalue weighted by Gasteiger charge is -2.41. The van der Waals surface area contributed by atoms with Crippen LogP contribution in [0.25, 0.3) is 49.8 Å². The van der Waals surface area contributed by atoms with E-state index in [1.807, 2.05) is 0 Å². The minimum Gasteiger partial charge on any atom is -0.454 e. The zero-order valence-electron chi connectivity index (χ0n) is 39.9. The summed E-state index contributed by atoms with van der Waals surface area (Å²) in [6.45, 7) is 20.8. The van der Waals surface area contributed by atoms with Crippen LogP contribution < -0.4 is 26.2 Å². The molecule has 8 aromatic carbocycles. The Hall–Kier alpha value is -7.24. The molecule has 0 bridgehead atoms. The van der Waals surface area contributed by atoms with Gasteiger partial charge in [-0.3, -0.25) is 0 Å². The number of aromatic nitrogens is 1. The third kappa shape index (κ3) is 5.61. The Morgan fingerprint density at radius 1 is 0.537 bits per heavy atom. The molecule has 0 saturated heterocycles. The van der Waals surface area contributed by atoms with Crippen LogP contribution in [0.3, 0.4) is 0 Å². The van der Waals surface area contributed by atoms with Crippen molar-refractivity contribution in [2.24, 2.45) is 0 Å². The monoisotopic (exact) mass is 867 g/mol. The second-order valence-electron chi connectivity index (χ2n) is 21.9. The molecule has 0 amide bonds. The first-order chi connectivity index (χ1) is 32.2. The fraction of sp³-hybridized carbons (Fsp3) is 0.194. The van der Waals surface area contributed by atoms with Gasteiger partial charge in [0.05, 0.1) is 11.4 Å². The van der Waals surface area contributed by atoms with Crippen LogP contribution in [0, 0.1) is 6.92 Å². The molecule has 10 aromatic rings. The third-order valence-electron chi connectivity index (χ3n) is 15.3. The minimum atomic E-state index is -0.156. The number of hydrogen-bond donors (Lipinski definition) is 0. The van der Waals surface area contributed by atoms with E-state index in [4.69, 9.17) is 4.42 Å². The van der Waals surface area contributed by atoms with Crippen molar-refractivity contribution in [3.63, 3.8) is 0 Å². The van der Waals surface area contributed by atoms with Gasteiger partial charge in [-0.1, -0.05) is 159 Å². The normalized spacial score (nSPS) is 14.4. The maximum atomic E-state index is 6.94. The van der Waals surface area contributed by atoms with E-state index >= 15 is 0 Å². The number of rotatable bonds is 4. The first kappa shape index (κ1) is 40.1. The van der Waals surface area contributed by atoms with E-state index in [-0.39, 0.29) is 23.0 Å². The highest BCUT2D eigenvalue weighted by molar-refractivity contribution is 7.00. The molecule has 0 unspecified atom stereocenters. The highest BCUT2D eigenvalue weighted by Gasteiger charge is 2.47. The van der Waals surface area contributed by atoms with Crippen LogP contribution in [0.15, 0.2) is 168 Å². The van der Waals surface area contributed by atoms with E-state index in [2.05, 4.69) is 240 Å². The molecule has 4 nitrogen and oxygen atoms in total. The Labute approximate surface area is 394 Å². The van der Waals surface area contributed by atoms with E-state index in [0.29, 0.717) is 0 Å². The van der Waals surface area contributed by atoms with Crippen molar-refractivity contribution in [3.8, 4) is 16.9 Å². The van der Waals surface area contributed by atoms with Crippen LogP contribution >= 0.6 is 0 Å². The molecule has 2 aromatic heterocycles. The van der Waals surface area contributed by atoms with Crippen molar-refractivity contribution < 1.29 is 4.42 Å². The summed E-state index contributed by atoms with van der Waals surface area (Å²) >= 11 is 0. The lowest BCUT2D eigenvalue weighted by molar-refractivity contribution is 0.590. The Bertz CT molecular complexity index is 3650. The highest BCUT2D eigenvalue weighted by Crippen LogP contribution is 2.55. The van der Waals surface area contributed by atoms with Gasteiger partial charge in [-0.25, -0.2) is 0 Å². The van der Waals surface area contributed by atoms with E-state index < -0.39 is 0 Å². The molecule has 0 spiro atoms. The quantitative estimate of drug-likeness (QED) is 0.165. The molecule has 1 aliphatic carbocycles. The Balaban J connectivity index is 1.12. The summed E-state index contributed by atoms with van der Waals surface area (Å²) in [5.74, 6) is 0. The second kappa shape index (κ2) is 13.7. The molecular formula is C62H54BN3O. The maximum absolute atomic E-state index is 6.94. The van der Waals surface area contributed by atoms with Gasteiger partial charge in [-0.15, -0.1) is 0 Å². The number of fused-ring (bicyclic) bond motifs is 12. The van der Waals surface area contributed by atoms with Crippen molar-refractivity contribution in [1.82, 2.24) is 4.57 Å². The maximum Gasteiger partial charge on any atom is 0.252 e. The van der Waals surface area contributed by atoms with Crippen LogP contribution in [-0.4, -0.2) is 11.3 Å². The summed E-state index contributed by atoms with van der Waals surface area (Å²) in [5.41, 5.74) is 24.2. The Morgan fingerprint density at radius 2 is 1.15 bits per heavy atom. The van der Waals surface area contributed by atoms with Crippen molar-refractivity contribution in [3.05, 3.63) is 192 Å². The first-order valence-corrected chi connectivity index (χ1v) is 24.0. The number of aryl methyl sites for hydroxylation is 1. The minimum absolute atomic E-state index is 0.00375. The molecule has 5 heteroatoms. The average Bonchev–Trinajstić information content (AvgIpc) is 3.95. The van der Waals surface area contributed by atoms with E-state index in [0.717, 1.165) is 50.4 Å². The summed E-state index contributed by atoms with van der Waals surface area (Å²) in [5, 5.41) is 3.58. The van der Waals surface area contributed by atoms with Gasteiger partial charge < -0.3 is 18.8 Å². The summed E-state index contributed by atoms with van der Waals surface area (Å²) in [4.78, 5) is 4.97. The summed E-state index contributed by atoms with van der Waals surface area (Å²) in [7, 11) is 0. The van der Waals surface area contributed by atoms with E-state index in [1.54, 1.807) is 0 Å². The van der Waals surface area contributed by atoms with Gasteiger partial charge in [-0.05, 0) is 123 Å². The fourth-order valence-corrected chi connectivity index (χ4v) is 12.1. The SMILES string of the molecule is Cc1cc2c3c(c1)-n1c4c(c5cccc(c51)B3c1ccc(N(c3ccc(C(C)(C)C)cc3)c3ccc(C(C)(C)C)cc3)cc1N2c1cccc2c1oc1ccccc12)C(C)(C)c1ccccc1-4. The molecule has 0 fully saturated rings. The smallest absolute Gasteiger partial charge is 0.252 e. The van der Waals surface area contributed by atoms with Crippen molar-refractivity contribution >= 4 is 90.1 Å². The molecule has 3 aliphatic rings. The zero-order chi connectivity index (χ0) is 45.9. The average molecular weight is 868 g/mol. The van der Waals surface area contributed by atoms with Gasteiger partial charge in [0.25, 0.3) is 6.71 Å². The van der Waals surface area contributed by atoms with Gasteiger partial charge in [0.1, 0.15) is 5.58 Å². The lowest BCUT2D eigenvalue weighted by atomic mass is 9.33. The number of furan rings is 1.